The van der Waals surface area contributed by atoms with Gasteiger partial charge in [0.2, 0.25) is 0 Å². The number of nitrogens with one attached hydrogen (secondary N) is 1. The van der Waals surface area contributed by atoms with Crippen molar-refractivity contribution in [3.63, 3.8) is 0 Å². The molecule has 10 heteroatoms. The predicted octanol–water partition coefficient (Wildman–Crippen LogP) is 1.57. The van der Waals surface area contributed by atoms with Crippen molar-refractivity contribution in [2.75, 3.05) is 20.8 Å². The van der Waals surface area contributed by atoms with E-state index < -0.39 is 17.6 Å². The molecule has 3 N–H and O–H groups in total. The van der Waals surface area contributed by atoms with E-state index in [9.17, 15) is 19.5 Å². The average molecular weight is 441 g/mol. The van der Waals surface area contributed by atoms with Gasteiger partial charge in [0.05, 0.1) is 26.0 Å². The fourth-order valence-corrected chi connectivity index (χ4v) is 3.25. The summed E-state index contributed by atoms with van der Waals surface area (Å²) in [6, 6.07) is 6.98. The number of benzene rings is 1. The van der Waals surface area contributed by atoms with Gasteiger partial charge in [-0.1, -0.05) is 6.07 Å². The molecule has 0 bridgehead atoms. The molecule has 1 amide bonds. The number of rotatable bonds is 9. The number of aromatic hydroxyl groups is 1. The Morgan fingerprint density at radius 3 is 2.62 bits per heavy atom. The van der Waals surface area contributed by atoms with Crippen LogP contribution in [-0.4, -0.2) is 52.4 Å². The fourth-order valence-electron chi connectivity index (χ4n) is 3.25. The van der Waals surface area contributed by atoms with Gasteiger partial charge in [-0.05, 0) is 24.1 Å². The molecular weight excluding hydrogens is 418 g/mol. The third kappa shape index (κ3) is 4.80. The van der Waals surface area contributed by atoms with Crippen molar-refractivity contribution in [2.24, 2.45) is 0 Å². The first-order valence-electron chi connectivity index (χ1n) is 9.77. The van der Waals surface area contributed by atoms with Crippen LogP contribution in [0.1, 0.15) is 22.5 Å². The Balaban J connectivity index is 1.82. The number of fused-ring (bicyclic) bond motifs is 1. The number of aliphatic carboxylic acids is 1. The number of hydrogen-bond acceptors (Lipinski definition) is 7. The highest BCUT2D eigenvalue weighted by atomic mass is 16.5. The second kappa shape index (κ2) is 9.82. The first-order chi connectivity index (χ1) is 15.3. The normalized spacial score (nSPS) is 10.7. The Hall–Kier alpha value is -4.08. The molecule has 0 fully saturated rings. The van der Waals surface area contributed by atoms with Gasteiger partial charge in [-0.15, -0.1) is 0 Å². The molecule has 0 aliphatic rings. The Labute approximate surface area is 183 Å². The van der Waals surface area contributed by atoms with Crippen LogP contribution < -0.4 is 20.3 Å². The van der Waals surface area contributed by atoms with Gasteiger partial charge in [0.1, 0.15) is 11.5 Å². The van der Waals surface area contributed by atoms with Crippen LogP contribution in [0.2, 0.25) is 0 Å². The van der Waals surface area contributed by atoms with E-state index >= 15 is 0 Å². The summed E-state index contributed by atoms with van der Waals surface area (Å²) in [5.74, 6) is -0.902. The zero-order valence-corrected chi connectivity index (χ0v) is 17.6. The summed E-state index contributed by atoms with van der Waals surface area (Å²) in [7, 11) is 3.13. The van der Waals surface area contributed by atoms with Gasteiger partial charge in [-0.2, -0.15) is 0 Å². The summed E-state index contributed by atoms with van der Waals surface area (Å²) >= 11 is 0. The van der Waals surface area contributed by atoms with Crippen LogP contribution in [0.15, 0.2) is 41.5 Å². The van der Waals surface area contributed by atoms with Crippen LogP contribution in [0.4, 0.5) is 0 Å². The predicted molar refractivity (Wildman–Crippen MR) is 116 cm³/mol. The van der Waals surface area contributed by atoms with Gasteiger partial charge in [0.15, 0.2) is 11.4 Å². The molecule has 0 unspecified atom stereocenters. The summed E-state index contributed by atoms with van der Waals surface area (Å²) in [5.41, 5.74) is 0.258. The fraction of sp³-hybridized carbons (Fsp3) is 0.273. The third-order valence-corrected chi connectivity index (χ3v) is 4.96. The minimum Gasteiger partial charge on any atom is -0.505 e. The summed E-state index contributed by atoms with van der Waals surface area (Å²) in [6.07, 6.45) is 3.02. The highest BCUT2D eigenvalue weighted by Gasteiger charge is 2.18. The molecule has 168 valence electrons. The molecule has 3 rings (SSSR count). The van der Waals surface area contributed by atoms with E-state index in [1.165, 1.54) is 23.0 Å². The van der Waals surface area contributed by atoms with Gasteiger partial charge in [0.25, 0.3) is 11.5 Å². The smallest absolute Gasteiger partial charge is 0.305 e. The standard InChI is InChI=1S/C22H23N3O7/c1-31-14-4-3-13(17(11-14)32-2)6-9-25-10-7-15-16(22(25)30)12-24-19(20(15)28)21(29)23-8-5-18(26)27/h3-4,7,10-12,28H,5-6,8-9H2,1-2H3,(H,23,29)(H,26,27). The zero-order chi connectivity index (χ0) is 23.3. The number of carboxylic acid groups (broad SMARTS) is 1. The summed E-state index contributed by atoms with van der Waals surface area (Å²) < 4.78 is 12.1. The first-order valence-corrected chi connectivity index (χ1v) is 9.77. The van der Waals surface area contributed by atoms with Gasteiger partial charge >= 0.3 is 5.97 Å². The number of pyridine rings is 2. The van der Waals surface area contributed by atoms with Crippen LogP contribution in [0.25, 0.3) is 10.8 Å². The maximum Gasteiger partial charge on any atom is 0.305 e. The number of aromatic nitrogens is 2. The number of methoxy groups -OCH3 is 2. The van der Waals surface area contributed by atoms with E-state index in [0.717, 1.165) is 5.56 Å². The summed E-state index contributed by atoms with van der Waals surface area (Å²) in [5, 5.41) is 21.8. The molecule has 0 radical (unpaired) electrons. The molecule has 3 aromatic rings. The van der Waals surface area contributed by atoms with E-state index in [1.54, 1.807) is 20.3 Å². The lowest BCUT2D eigenvalue weighted by Crippen LogP contribution is -2.27. The topological polar surface area (TPSA) is 140 Å². The highest BCUT2D eigenvalue weighted by Crippen LogP contribution is 2.26. The van der Waals surface area contributed by atoms with E-state index in [2.05, 4.69) is 10.3 Å². The molecule has 2 heterocycles. The zero-order valence-electron chi connectivity index (χ0n) is 17.6. The second-order valence-corrected chi connectivity index (χ2v) is 6.92. The maximum absolute atomic E-state index is 12.9. The number of hydrogen-bond donors (Lipinski definition) is 3. The van der Waals surface area contributed by atoms with Crippen molar-refractivity contribution in [2.45, 2.75) is 19.4 Å². The molecule has 0 atom stereocenters. The van der Waals surface area contributed by atoms with E-state index in [0.29, 0.717) is 24.5 Å². The molecule has 2 aromatic heterocycles. The lowest BCUT2D eigenvalue weighted by molar-refractivity contribution is -0.136. The number of nitrogens with zero attached hydrogens (tertiary/aromatic N) is 2. The summed E-state index contributed by atoms with van der Waals surface area (Å²) in [6.45, 7) is 0.249. The number of carbonyl (C=O) groups excluding carboxylic acids is 1. The lowest BCUT2D eigenvalue weighted by Gasteiger charge is -2.12. The van der Waals surface area contributed by atoms with Gasteiger partial charge in [0, 0.05) is 36.9 Å². The van der Waals surface area contributed by atoms with Crippen LogP contribution in [0, 0.1) is 0 Å². The SMILES string of the molecule is COc1ccc(CCn2ccc3c(O)c(C(=O)NCCC(=O)O)ncc3c2=O)c(OC)c1. The van der Waals surface area contributed by atoms with Crippen molar-refractivity contribution in [1.29, 1.82) is 0 Å². The van der Waals surface area contributed by atoms with Crippen molar-refractivity contribution in [3.05, 3.63) is 58.3 Å². The molecule has 0 aliphatic carbocycles. The van der Waals surface area contributed by atoms with Crippen molar-refractivity contribution in [3.8, 4) is 17.2 Å². The summed E-state index contributed by atoms with van der Waals surface area (Å²) in [4.78, 5) is 39.5. The number of amides is 1. The molecule has 0 aliphatic heterocycles. The van der Waals surface area contributed by atoms with Crippen molar-refractivity contribution in [1.82, 2.24) is 14.9 Å². The number of carboxylic acids is 1. The van der Waals surface area contributed by atoms with Crippen LogP contribution >= 0.6 is 0 Å². The van der Waals surface area contributed by atoms with E-state index in [4.69, 9.17) is 14.6 Å². The Bertz CT molecular complexity index is 1220. The van der Waals surface area contributed by atoms with E-state index in [1.807, 2.05) is 12.1 Å². The maximum atomic E-state index is 12.9. The number of aryl methyl sites for hydroxylation is 2. The highest BCUT2D eigenvalue weighted by molar-refractivity contribution is 6.01. The van der Waals surface area contributed by atoms with Crippen LogP contribution in [-0.2, 0) is 17.8 Å². The van der Waals surface area contributed by atoms with Crippen molar-refractivity contribution < 1.29 is 29.3 Å². The quantitative estimate of drug-likeness (QED) is 0.455. The number of carbonyl (C=O) groups is 2. The largest absolute Gasteiger partial charge is 0.505 e. The lowest BCUT2D eigenvalue weighted by atomic mass is 10.1. The molecule has 0 saturated carbocycles. The van der Waals surface area contributed by atoms with Gasteiger partial charge < -0.3 is 29.6 Å². The molecule has 0 spiro atoms. The van der Waals surface area contributed by atoms with Crippen LogP contribution in [0.3, 0.4) is 0 Å². The third-order valence-electron chi connectivity index (χ3n) is 4.96. The molecule has 0 saturated heterocycles. The molecule has 10 nitrogen and oxygen atoms in total. The molecule has 1 aromatic carbocycles. The van der Waals surface area contributed by atoms with E-state index in [-0.39, 0.29) is 35.0 Å². The van der Waals surface area contributed by atoms with Gasteiger partial charge in [-0.25, -0.2) is 4.98 Å². The minimum atomic E-state index is -1.06. The van der Waals surface area contributed by atoms with Crippen LogP contribution in [0.5, 0.6) is 17.2 Å². The molecular formula is C22H23N3O7. The second-order valence-electron chi connectivity index (χ2n) is 6.92. The Kier molecular flexibility index (Phi) is 6.93. The average Bonchev–Trinajstić information content (AvgIpc) is 2.78. The Morgan fingerprint density at radius 1 is 1.16 bits per heavy atom. The number of ether oxygens (including phenoxy) is 2. The van der Waals surface area contributed by atoms with Gasteiger partial charge in [-0.3, -0.25) is 14.4 Å². The van der Waals surface area contributed by atoms with Crippen molar-refractivity contribution >= 4 is 22.6 Å². The first kappa shape index (κ1) is 22.6. The minimum absolute atomic E-state index is 0.107. The monoisotopic (exact) mass is 441 g/mol. The Morgan fingerprint density at radius 2 is 1.94 bits per heavy atom. The molecule has 32 heavy (non-hydrogen) atoms.